The molecule has 6 nitrogen and oxygen atoms in total. The minimum Gasteiger partial charge on any atom is -0.449 e. The topological polar surface area (TPSA) is 82.4 Å². The number of amides is 2. The number of rotatable bonds is 5. The molecule has 1 saturated carbocycles. The van der Waals surface area contributed by atoms with Gasteiger partial charge in [-0.3, -0.25) is 4.79 Å². The quantitative estimate of drug-likeness (QED) is 0.788. The third-order valence-electron chi connectivity index (χ3n) is 4.90. The average molecular weight is 321 g/mol. The summed E-state index contributed by atoms with van der Waals surface area (Å²) in [6.45, 7) is 1.61. The summed E-state index contributed by atoms with van der Waals surface area (Å²) in [5, 5.41) is 11.3. The zero-order chi connectivity index (χ0) is 16.5. The van der Waals surface area contributed by atoms with E-state index in [0.29, 0.717) is 0 Å². The van der Waals surface area contributed by atoms with Crippen molar-refractivity contribution in [2.24, 2.45) is 11.8 Å². The molecule has 6 heteroatoms. The van der Waals surface area contributed by atoms with Gasteiger partial charge in [0.15, 0.2) is 0 Å². The van der Waals surface area contributed by atoms with Gasteiger partial charge in [0.05, 0.1) is 12.0 Å². The van der Waals surface area contributed by atoms with Crippen LogP contribution in [0.25, 0.3) is 0 Å². The molecule has 0 bridgehead atoms. The monoisotopic (exact) mass is 321 g/mol. The van der Waals surface area contributed by atoms with E-state index < -0.39 is 0 Å². The van der Waals surface area contributed by atoms with Crippen molar-refractivity contribution in [2.75, 3.05) is 26.2 Å². The van der Waals surface area contributed by atoms with Crippen LogP contribution in [0.15, 0.2) is 0 Å². The van der Waals surface area contributed by atoms with E-state index >= 15 is 0 Å². The Hall–Kier alpha value is -1.77. The molecule has 2 rings (SSSR count). The first kappa shape index (κ1) is 17.6. The van der Waals surface area contributed by atoms with Crippen LogP contribution in [0.1, 0.15) is 51.4 Å². The molecule has 1 unspecified atom stereocenters. The number of nitrogens with zero attached hydrogens (tertiary/aromatic N) is 2. The summed E-state index contributed by atoms with van der Waals surface area (Å²) in [7, 11) is 0. The Morgan fingerprint density at radius 1 is 1.13 bits per heavy atom. The number of likely N-dealkylation sites (tertiary alicyclic amines) is 1. The van der Waals surface area contributed by atoms with Crippen LogP contribution in [0.3, 0.4) is 0 Å². The molecule has 0 aromatic carbocycles. The van der Waals surface area contributed by atoms with Crippen molar-refractivity contribution in [3.05, 3.63) is 0 Å². The van der Waals surface area contributed by atoms with Crippen LogP contribution in [0, 0.1) is 23.2 Å². The summed E-state index contributed by atoms with van der Waals surface area (Å²) in [5.41, 5.74) is 0. The van der Waals surface area contributed by atoms with Crippen molar-refractivity contribution < 1.29 is 14.3 Å². The van der Waals surface area contributed by atoms with Gasteiger partial charge < -0.3 is 15.0 Å². The predicted octanol–water partition coefficient (Wildman–Crippen LogP) is 2.45. The normalized spacial score (nSPS) is 20.4. The Kier molecular flexibility index (Phi) is 7.18. The predicted molar refractivity (Wildman–Crippen MR) is 85.5 cm³/mol. The third kappa shape index (κ3) is 5.42. The molecule has 1 aliphatic heterocycles. The second-order valence-corrected chi connectivity index (χ2v) is 6.51. The second-order valence-electron chi connectivity index (χ2n) is 6.51. The van der Waals surface area contributed by atoms with Gasteiger partial charge in [-0.2, -0.15) is 5.26 Å². The van der Waals surface area contributed by atoms with Gasteiger partial charge in [-0.15, -0.1) is 0 Å². The van der Waals surface area contributed by atoms with E-state index in [9.17, 15) is 9.59 Å². The van der Waals surface area contributed by atoms with Crippen molar-refractivity contribution in [1.29, 1.82) is 5.26 Å². The molecule has 1 saturated heterocycles. The lowest BCUT2D eigenvalue weighted by molar-refractivity contribution is -0.128. The van der Waals surface area contributed by atoms with Crippen molar-refractivity contribution in [1.82, 2.24) is 10.2 Å². The molecule has 2 amide bonds. The molecule has 23 heavy (non-hydrogen) atoms. The van der Waals surface area contributed by atoms with Crippen LogP contribution < -0.4 is 5.32 Å². The van der Waals surface area contributed by atoms with E-state index in [0.717, 1.165) is 58.0 Å². The molecular formula is C17H27N3O3. The van der Waals surface area contributed by atoms with Gasteiger partial charge in [-0.05, 0) is 38.0 Å². The molecule has 1 heterocycles. The Bertz CT molecular complexity index is 435. The molecule has 0 aromatic heterocycles. The van der Waals surface area contributed by atoms with Gasteiger partial charge >= 0.3 is 6.09 Å². The lowest BCUT2D eigenvalue weighted by Crippen LogP contribution is -2.41. The zero-order valence-electron chi connectivity index (χ0n) is 13.8. The molecule has 1 N–H and O–H groups in total. The van der Waals surface area contributed by atoms with Gasteiger partial charge in [0.2, 0.25) is 5.91 Å². The largest absolute Gasteiger partial charge is 0.449 e. The number of carbonyl (C=O) groups is 2. The minimum absolute atomic E-state index is 0.00211. The summed E-state index contributed by atoms with van der Waals surface area (Å²) >= 11 is 0. The molecule has 1 aliphatic carbocycles. The van der Waals surface area contributed by atoms with Gasteiger partial charge in [0.25, 0.3) is 0 Å². The molecule has 2 aliphatic rings. The van der Waals surface area contributed by atoms with Crippen molar-refractivity contribution in [2.45, 2.75) is 51.4 Å². The van der Waals surface area contributed by atoms with Crippen LogP contribution in [0.4, 0.5) is 4.79 Å². The van der Waals surface area contributed by atoms with Crippen LogP contribution in [0.5, 0.6) is 0 Å². The van der Waals surface area contributed by atoms with Crippen molar-refractivity contribution in [3.63, 3.8) is 0 Å². The highest BCUT2D eigenvalue weighted by molar-refractivity contribution is 5.79. The van der Waals surface area contributed by atoms with E-state index in [1.54, 1.807) is 4.90 Å². The number of hydrogen-bond acceptors (Lipinski definition) is 4. The molecule has 1 atom stereocenters. The highest BCUT2D eigenvalue weighted by atomic mass is 16.6. The lowest BCUT2D eigenvalue weighted by atomic mass is 9.80. The van der Waals surface area contributed by atoms with E-state index in [2.05, 4.69) is 5.32 Å². The molecule has 0 aromatic rings. The number of hydrogen-bond donors (Lipinski definition) is 1. The van der Waals surface area contributed by atoms with Gasteiger partial charge in [0, 0.05) is 13.1 Å². The summed E-state index contributed by atoms with van der Waals surface area (Å²) < 4.78 is 5.44. The molecular weight excluding hydrogens is 294 g/mol. The SMILES string of the molecule is N#CCNC(=O)C(COC(=O)N1CCCCC1)C1CCCCC1. The van der Waals surface area contributed by atoms with E-state index in [1.807, 2.05) is 6.07 Å². The van der Waals surface area contributed by atoms with Crippen LogP contribution >= 0.6 is 0 Å². The molecule has 0 radical (unpaired) electrons. The van der Waals surface area contributed by atoms with Crippen molar-refractivity contribution >= 4 is 12.0 Å². The Morgan fingerprint density at radius 2 is 1.78 bits per heavy atom. The third-order valence-corrected chi connectivity index (χ3v) is 4.90. The second kappa shape index (κ2) is 9.39. The van der Waals surface area contributed by atoms with E-state index in [4.69, 9.17) is 10.00 Å². The van der Waals surface area contributed by atoms with Crippen LogP contribution in [0.2, 0.25) is 0 Å². The molecule has 0 spiro atoms. The average Bonchev–Trinajstić information content (AvgIpc) is 2.61. The summed E-state index contributed by atoms with van der Waals surface area (Å²) in [4.78, 5) is 26.2. The summed E-state index contributed by atoms with van der Waals surface area (Å²) in [6.07, 6.45) is 8.31. The Morgan fingerprint density at radius 3 is 2.43 bits per heavy atom. The van der Waals surface area contributed by atoms with Gasteiger partial charge in [-0.1, -0.05) is 19.3 Å². The van der Waals surface area contributed by atoms with Gasteiger partial charge in [0.1, 0.15) is 13.2 Å². The highest BCUT2D eigenvalue weighted by Gasteiger charge is 2.31. The molecule has 2 fully saturated rings. The highest BCUT2D eigenvalue weighted by Crippen LogP contribution is 2.30. The van der Waals surface area contributed by atoms with E-state index in [-0.39, 0.29) is 37.0 Å². The number of nitriles is 1. The maximum absolute atomic E-state index is 12.3. The fraction of sp³-hybridized carbons (Fsp3) is 0.824. The van der Waals surface area contributed by atoms with E-state index in [1.165, 1.54) is 6.42 Å². The fourth-order valence-corrected chi connectivity index (χ4v) is 3.55. The summed E-state index contributed by atoms with van der Waals surface area (Å²) in [6, 6.07) is 1.93. The number of carbonyl (C=O) groups excluding carboxylic acids is 2. The Balaban J connectivity index is 1.89. The first-order chi connectivity index (χ1) is 11.2. The first-order valence-corrected chi connectivity index (χ1v) is 8.78. The Labute approximate surface area is 138 Å². The minimum atomic E-state index is -0.336. The van der Waals surface area contributed by atoms with Crippen LogP contribution in [-0.2, 0) is 9.53 Å². The van der Waals surface area contributed by atoms with Gasteiger partial charge in [-0.25, -0.2) is 4.79 Å². The fourth-order valence-electron chi connectivity index (χ4n) is 3.55. The first-order valence-electron chi connectivity index (χ1n) is 8.78. The smallest absolute Gasteiger partial charge is 0.409 e. The number of ether oxygens (including phenoxy) is 1. The van der Waals surface area contributed by atoms with Crippen molar-refractivity contribution in [3.8, 4) is 6.07 Å². The maximum atomic E-state index is 12.3. The summed E-state index contributed by atoms with van der Waals surface area (Å²) in [5.74, 6) is -0.251. The number of piperidine rings is 1. The number of nitrogens with one attached hydrogen (secondary N) is 1. The zero-order valence-corrected chi connectivity index (χ0v) is 13.8. The molecule has 128 valence electrons. The lowest BCUT2D eigenvalue weighted by Gasteiger charge is -2.30. The maximum Gasteiger partial charge on any atom is 0.409 e. The van der Waals surface area contributed by atoms with Crippen LogP contribution in [-0.4, -0.2) is 43.1 Å². The standard InChI is InChI=1S/C17H27N3O3/c18-9-10-19-16(21)15(14-7-3-1-4-8-14)13-23-17(22)20-11-5-2-6-12-20/h14-15H,1-8,10-13H2,(H,19,21).